The second-order valence-electron chi connectivity index (χ2n) is 5.15. The van der Waals surface area contributed by atoms with Crippen LogP contribution in [-0.4, -0.2) is 0 Å². The topological polar surface area (TPSA) is 26.0 Å². The third kappa shape index (κ3) is 1.55. The summed E-state index contributed by atoms with van der Waals surface area (Å²) in [5.41, 5.74) is 7.59. The molecule has 0 amide bonds. The van der Waals surface area contributed by atoms with Crippen molar-refractivity contribution in [3.8, 4) is 0 Å². The van der Waals surface area contributed by atoms with E-state index in [0.29, 0.717) is 5.41 Å². The summed E-state index contributed by atoms with van der Waals surface area (Å²) in [6.45, 7) is 4.49. The molecule has 0 heterocycles. The summed E-state index contributed by atoms with van der Waals surface area (Å²) in [4.78, 5) is 0. The van der Waals surface area contributed by atoms with Gasteiger partial charge in [-0.25, -0.2) is 0 Å². The fourth-order valence-corrected chi connectivity index (χ4v) is 3.04. The Hall–Kier alpha value is -0.530. The quantitative estimate of drug-likeness (QED) is 0.755. The molecule has 14 heavy (non-hydrogen) atoms. The van der Waals surface area contributed by atoms with Crippen LogP contribution in [-0.2, 0) is 5.54 Å². The molecule has 1 aliphatic carbocycles. The molecular weight excluding hydrogens is 194 g/mol. The Morgan fingerprint density at radius 3 is 2.29 bits per heavy atom. The Balaban J connectivity index is 2.30. The minimum absolute atomic E-state index is 0.193. The van der Waals surface area contributed by atoms with Gasteiger partial charge in [-0.15, -0.1) is 0 Å². The van der Waals surface area contributed by atoms with Gasteiger partial charge in [0.2, 0.25) is 0 Å². The third-order valence-electron chi connectivity index (χ3n) is 3.00. The highest BCUT2D eigenvalue weighted by Gasteiger charge is 2.48. The minimum Gasteiger partial charge on any atom is -0.321 e. The van der Waals surface area contributed by atoms with E-state index in [1.807, 2.05) is 24.3 Å². The van der Waals surface area contributed by atoms with E-state index in [0.717, 1.165) is 23.4 Å². The van der Waals surface area contributed by atoms with Crippen LogP contribution in [0.5, 0.6) is 0 Å². The maximum Gasteiger partial charge on any atom is 0.0456 e. The first-order valence-electron chi connectivity index (χ1n) is 4.97. The predicted octanol–water partition coefficient (Wildman–Crippen LogP) is 3.31. The van der Waals surface area contributed by atoms with Crippen molar-refractivity contribution >= 4 is 11.6 Å². The van der Waals surface area contributed by atoms with Crippen LogP contribution in [0.1, 0.15) is 32.3 Å². The Kier molecular flexibility index (Phi) is 2.13. The molecule has 1 aliphatic rings. The van der Waals surface area contributed by atoms with E-state index in [4.69, 9.17) is 17.3 Å². The standard InChI is InChI=1S/C12H16ClN/c1-11(2)7-12(14,8-11)9-5-3-4-6-10(9)13/h3-6H,7-8,14H2,1-2H3. The summed E-state index contributed by atoms with van der Waals surface area (Å²) in [5, 5.41) is 0.797. The molecule has 0 atom stereocenters. The third-order valence-corrected chi connectivity index (χ3v) is 3.33. The van der Waals surface area contributed by atoms with Gasteiger partial charge in [0.25, 0.3) is 0 Å². The van der Waals surface area contributed by atoms with Gasteiger partial charge in [-0.1, -0.05) is 43.6 Å². The lowest BCUT2D eigenvalue weighted by molar-refractivity contribution is 0.0619. The zero-order chi connectivity index (χ0) is 10.4. The second-order valence-corrected chi connectivity index (χ2v) is 5.56. The zero-order valence-corrected chi connectivity index (χ0v) is 9.43. The molecular formula is C12H16ClN. The van der Waals surface area contributed by atoms with E-state index in [9.17, 15) is 0 Å². The average Bonchev–Trinajstić information content (AvgIpc) is 2.00. The van der Waals surface area contributed by atoms with Crippen LogP contribution in [0.25, 0.3) is 0 Å². The van der Waals surface area contributed by atoms with Crippen molar-refractivity contribution in [2.24, 2.45) is 11.1 Å². The van der Waals surface area contributed by atoms with E-state index in [1.54, 1.807) is 0 Å². The summed E-state index contributed by atoms with van der Waals surface area (Å²) in [6.07, 6.45) is 2.04. The van der Waals surface area contributed by atoms with Crippen molar-refractivity contribution in [2.45, 2.75) is 32.2 Å². The molecule has 1 aromatic rings. The minimum atomic E-state index is -0.193. The molecule has 0 spiro atoms. The fourth-order valence-electron chi connectivity index (χ4n) is 2.71. The van der Waals surface area contributed by atoms with Gasteiger partial charge in [0.1, 0.15) is 0 Å². The van der Waals surface area contributed by atoms with Gasteiger partial charge < -0.3 is 5.73 Å². The summed E-state index contributed by atoms with van der Waals surface area (Å²) in [7, 11) is 0. The number of hydrogen-bond acceptors (Lipinski definition) is 1. The van der Waals surface area contributed by atoms with E-state index in [2.05, 4.69) is 13.8 Å². The van der Waals surface area contributed by atoms with Crippen molar-refractivity contribution in [1.29, 1.82) is 0 Å². The van der Waals surface area contributed by atoms with Gasteiger partial charge in [0, 0.05) is 10.6 Å². The van der Waals surface area contributed by atoms with Gasteiger partial charge in [-0.05, 0) is 29.9 Å². The van der Waals surface area contributed by atoms with Gasteiger partial charge in [-0.3, -0.25) is 0 Å². The first-order valence-corrected chi connectivity index (χ1v) is 5.35. The molecule has 1 fully saturated rings. The van der Waals surface area contributed by atoms with Gasteiger partial charge >= 0.3 is 0 Å². The summed E-state index contributed by atoms with van der Waals surface area (Å²) in [5.74, 6) is 0. The Morgan fingerprint density at radius 1 is 1.21 bits per heavy atom. The SMILES string of the molecule is CC1(C)CC(N)(c2ccccc2Cl)C1. The van der Waals surface area contributed by atoms with Crippen LogP contribution >= 0.6 is 11.6 Å². The Labute approximate surface area is 90.3 Å². The molecule has 76 valence electrons. The molecule has 0 aliphatic heterocycles. The van der Waals surface area contributed by atoms with E-state index in [-0.39, 0.29) is 5.54 Å². The first-order chi connectivity index (χ1) is 6.43. The maximum absolute atomic E-state index is 6.32. The fraction of sp³-hybridized carbons (Fsp3) is 0.500. The van der Waals surface area contributed by atoms with Crippen LogP contribution in [0.2, 0.25) is 5.02 Å². The van der Waals surface area contributed by atoms with Crippen LogP contribution < -0.4 is 5.73 Å². The number of rotatable bonds is 1. The van der Waals surface area contributed by atoms with Crippen LogP contribution in [0.3, 0.4) is 0 Å². The molecule has 0 saturated heterocycles. The van der Waals surface area contributed by atoms with Crippen LogP contribution in [0, 0.1) is 5.41 Å². The number of benzene rings is 1. The van der Waals surface area contributed by atoms with E-state index >= 15 is 0 Å². The smallest absolute Gasteiger partial charge is 0.0456 e. The monoisotopic (exact) mass is 209 g/mol. The van der Waals surface area contributed by atoms with Crippen molar-refractivity contribution in [1.82, 2.24) is 0 Å². The average molecular weight is 210 g/mol. The number of halogens is 1. The normalized spacial score (nSPS) is 22.9. The van der Waals surface area contributed by atoms with Crippen molar-refractivity contribution in [3.63, 3.8) is 0 Å². The Morgan fingerprint density at radius 2 is 1.79 bits per heavy atom. The highest BCUT2D eigenvalue weighted by molar-refractivity contribution is 6.31. The molecule has 1 saturated carbocycles. The van der Waals surface area contributed by atoms with Crippen molar-refractivity contribution in [2.75, 3.05) is 0 Å². The maximum atomic E-state index is 6.32. The lowest BCUT2D eigenvalue weighted by Gasteiger charge is -2.51. The van der Waals surface area contributed by atoms with Crippen LogP contribution in [0.15, 0.2) is 24.3 Å². The Bertz CT molecular complexity index is 349. The van der Waals surface area contributed by atoms with Crippen molar-refractivity contribution < 1.29 is 0 Å². The molecule has 2 heteroatoms. The number of nitrogens with two attached hydrogens (primary N) is 1. The predicted molar refractivity (Wildman–Crippen MR) is 60.3 cm³/mol. The van der Waals surface area contributed by atoms with Crippen molar-refractivity contribution in [3.05, 3.63) is 34.9 Å². The number of hydrogen-bond donors (Lipinski definition) is 1. The van der Waals surface area contributed by atoms with Gasteiger partial charge in [0.05, 0.1) is 0 Å². The van der Waals surface area contributed by atoms with E-state index < -0.39 is 0 Å². The van der Waals surface area contributed by atoms with Gasteiger partial charge in [-0.2, -0.15) is 0 Å². The molecule has 0 bridgehead atoms. The largest absolute Gasteiger partial charge is 0.321 e. The lowest BCUT2D eigenvalue weighted by Crippen LogP contribution is -2.53. The lowest BCUT2D eigenvalue weighted by atomic mass is 9.57. The molecule has 0 unspecified atom stereocenters. The molecule has 0 radical (unpaired) electrons. The highest BCUT2D eigenvalue weighted by Crippen LogP contribution is 2.53. The zero-order valence-electron chi connectivity index (χ0n) is 8.68. The molecule has 2 rings (SSSR count). The molecule has 2 N–H and O–H groups in total. The van der Waals surface area contributed by atoms with Gasteiger partial charge in [0.15, 0.2) is 0 Å². The van der Waals surface area contributed by atoms with Crippen LogP contribution in [0.4, 0.5) is 0 Å². The molecule has 1 nitrogen and oxygen atoms in total. The first kappa shape index (κ1) is 10.0. The summed E-state index contributed by atoms with van der Waals surface area (Å²) < 4.78 is 0. The molecule has 1 aromatic carbocycles. The summed E-state index contributed by atoms with van der Waals surface area (Å²) in [6, 6.07) is 7.90. The summed E-state index contributed by atoms with van der Waals surface area (Å²) >= 11 is 6.13. The second kappa shape index (κ2) is 2.98. The molecule has 0 aromatic heterocycles. The highest BCUT2D eigenvalue weighted by atomic mass is 35.5. The van der Waals surface area contributed by atoms with E-state index in [1.165, 1.54) is 0 Å².